The average molecular weight is 346 g/mol. The van der Waals surface area contributed by atoms with Crippen molar-refractivity contribution in [2.75, 3.05) is 11.4 Å². The molecule has 1 N–H and O–H groups in total. The first-order valence-corrected chi connectivity index (χ1v) is 8.59. The Hall–Kier alpha value is -2.14. The quantitative estimate of drug-likeness (QED) is 0.882. The van der Waals surface area contributed by atoms with Crippen molar-refractivity contribution in [3.05, 3.63) is 52.3 Å². The minimum Gasteiger partial charge on any atom is -0.478 e. The first-order valence-electron chi connectivity index (χ1n) is 8.21. The Morgan fingerprint density at radius 3 is 2.79 bits per heavy atom. The van der Waals surface area contributed by atoms with Gasteiger partial charge in [-0.15, -0.1) is 0 Å². The Morgan fingerprint density at radius 2 is 2.12 bits per heavy atom. The Labute approximate surface area is 146 Å². The molecule has 5 nitrogen and oxygen atoms in total. The fourth-order valence-electron chi connectivity index (χ4n) is 3.19. The van der Waals surface area contributed by atoms with Crippen molar-refractivity contribution < 1.29 is 9.90 Å². The van der Waals surface area contributed by atoms with Crippen LogP contribution in [0.25, 0.3) is 0 Å². The van der Waals surface area contributed by atoms with Gasteiger partial charge in [-0.05, 0) is 37.0 Å². The molecule has 0 aliphatic carbocycles. The highest BCUT2D eigenvalue weighted by atomic mass is 35.5. The number of benzene rings is 1. The topological polar surface area (TPSA) is 66.3 Å². The number of carboxylic acids is 1. The number of hydrogen-bond acceptors (Lipinski definition) is 4. The van der Waals surface area contributed by atoms with Gasteiger partial charge in [0.25, 0.3) is 0 Å². The van der Waals surface area contributed by atoms with Crippen LogP contribution in [0.2, 0.25) is 5.02 Å². The number of carbonyl (C=O) groups is 1. The summed E-state index contributed by atoms with van der Waals surface area (Å²) in [5, 5.41) is 10.0. The van der Waals surface area contributed by atoms with Crippen molar-refractivity contribution >= 4 is 23.5 Å². The van der Waals surface area contributed by atoms with Crippen LogP contribution in [0.5, 0.6) is 0 Å². The Kier molecular flexibility index (Phi) is 5.00. The highest BCUT2D eigenvalue weighted by Gasteiger charge is 2.28. The maximum Gasteiger partial charge on any atom is 0.339 e. The van der Waals surface area contributed by atoms with Gasteiger partial charge in [0.05, 0.1) is 17.3 Å². The van der Waals surface area contributed by atoms with Crippen LogP contribution in [-0.4, -0.2) is 27.6 Å². The zero-order valence-corrected chi connectivity index (χ0v) is 14.3. The summed E-state index contributed by atoms with van der Waals surface area (Å²) >= 11 is 5.98. The van der Waals surface area contributed by atoms with Gasteiger partial charge in [0.15, 0.2) is 0 Å². The molecule has 1 fully saturated rings. The molecule has 0 bridgehead atoms. The van der Waals surface area contributed by atoms with Crippen molar-refractivity contribution in [3.8, 4) is 0 Å². The van der Waals surface area contributed by atoms with Crippen LogP contribution in [0.1, 0.15) is 53.8 Å². The SMILES string of the molecule is CCCc1nc(N2CCC[C@@H]2c2ccc(Cl)cc2)ncc1C(=O)O. The zero-order valence-electron chi connectivity index (χ0n) is 13.6. The molecule has 0 saturated carbocycles. The predicted molar refractivity (Wildman–Crippen MR) is 93.8 cm³/mol. The monoisotopic (exact) mass is 345 g/mol. The number of carboxylic acid groups (broad SMARTS) is 1. The smallest absolute Gasteiger partial charge is 0.339 e. The summed E-state index contributed by atoms with van der Waals surface area (Å²) in [5.74, 6) is -0.360. The standard InChI is InChI=1S/C18H20ClN3O2/c1-2-4-15-14(17(23)24)11-20-18(21-15)22-10-3-5-16(22)12-6-8-13(19)9-7-12/h6-9,11,16H,2-5,10H2,1H3,(H,23,24)/t16-/m1/s1. The fourth-order valence-corrected chi connectivity index (χ4v) is 3.31. The molecule has 1 aromatic carbocycles. The zero-order chi connectivity index (χ0) is 17.1. The summed E-state index contributed by atoms with van der Waals surface area (Å²) < 4.78 is 0. The van der Waals surface area contributed by atoms with Gasteiger partial charge in [-0.2, -0.15) is 0 Å². The summed E-state index contributed by atoms with van der Waals surface area (Å²) in [6.45, 7) is 2.88. The third-order valence-corrected chi connectivity index (χ3v) is 4.59. The predicted octanol–water partition coefficient (Wildman–Crippen LogP) is 4.12. The number of hydrogen-bond donors (Lipinski definition) is 1. The van der Waals surface area contributed by atoms with E-state index in [1.807, 2.05) is 31.2 Å². The van der Waals surface area contributed by atoms with Gasteiger partial charge in [-0.25, -0.2) is 14.8 Å². The second-order valence-electron chi connectivity index (χ2n) is 5.99. The van der Waals surface area contributed by atoms with Gasteiger partial charge in [-0.1, -0.05) is 37.1 Å². The summed E-state index contributed by atoms with van der Waals surface area (Å²) in [6, 6.07) is 8.05. The van der Waals surface area contributed by atoms with E-state index in [0.717, 1.165) is 30.8 Å². The molecule has 3 rings (SSSR count). The molecule has 1 aliphatic heterocycles. The maximum atomic E-state index is 11.3. The van der Waals surface area contributed by atoms with Crippen molar-refractivity contribution in [2.45, 2.75) is 38.6 Å². The van der Waals surface area contributed by atoms with Gasteiger partial charge >= 0.3 is 5.97 Å². The molecule has 2 heterocycles. The summed E-state index contributed by atoms with van der Waals surface area (Å²) in [5.41, 5.74) is 1.99. The van der Waals surface area contributed by atoms with E-state index in [2.05, 4.69) is 14.9 Å². The molecule has 24 heavy (non-hydrogen) atoms. The van der Waals surface area contributed by atoms with Crippen molar-refractivity contribution in [3.63, 3.8) is 0 Å². The summed E-state index contributed by atoms with van der Waals surface area (Å²) in [6.07, 6.45) is 5.00. The highest BCUT2D eigenvalue weighted by molar-refractivity contribution is 6.30. The first kappa shape index (κ1) is 16.7. The fraction of sp³-hybridized carbons (Fsp3) is 0.389. The number of halogens is 1. The lowest BCUT2D eigenvalue weighted by Gasteiger charge is -2.25. The number of aromatic carboxylic acids is 1. The normalized spacial score (nSPS) is 17.2. The first-order chi connectivity index (χ1) is 11.6. The lowest BCUT2D eigenvalue weighted by molar-refractivity contribution is 0.0694. The van der Waals surface area contributed by atoms with Crippen LogP contribution in [-0.2, 0) is 6.42 Å². The van der Waals surface area contributed by atoms with Crippen LogP contribution in [0, 0.1) is 0 Å². The minimum atomic E-state index is -0.972. The van der Waals surface area contributed by atoms with Gasteiger partial charge in [-0.3, -0.25) is 0 Å². The highest BCUT2D eigenvalue weighted by Crippen LogP contribution is 2.35. The van der Waals surface area contributed by atoms with E-state index < -0.39 is 5.97 Å². The molecule has 1 atom stereocenters. The number of aryl methyl sites for hydroxylation is 1. The molecular formula is C18H20ClN3O2. The molecule has 126 valence electrons. The van der Waals surface area contributed by atoms with Crippen LogP contribution < -0.4 is 4.90 Å². The molecule has 0 unspecified atom stereocenters. The van der Waals surface area contributed by atoms with Gasteiger partial charge in [0.1, 0.15) is 0 Å². The molecule has 1 aromatic heterocycles. The Bertz CT molecular complexity index is 734. The van der Waals surface area contributed by atoms with E-state index in [9.17, 15) is 9.90 Å². The lowest BCUT2D eigenvalue weighted by Crippen LogP contribution is -2.25. The van der Waals surface area contributed by atoms with Crippen molar-refractivity contribution in [2.24, 2.45) is 0 Å². The van der Waals surface area contributed by atoms with Crippen LogP contribution in [0.4, 0.5) is 5.95 Å². The lowest BCUT2D eigenvalue weighted by atomic mass is 10.0. The van der Waals surface area contributed by atoms with Crippen molar-refractivity contribution in [1.82, 2.24) is 9.97 Å². The molecule has 0 radical (unpaired) electrons. The van der Waals surface area contributed by atoms with Gasteiger partial charge < -0.3 is 10.0 Å². The maximum absolute atomic E-state index is 11.3. The summed E-state index contributed by atoms with van der Waals surface area (Å²) in [7, 11) is 0. The number of rotatable bonds is 5. The number of nitrogens with zero attached hydrogens (tertiary/aromatic N) is 3. The van der Waals surface area contributed by atoms with E-state index in [1.165, 1.54) is 11.8 Å². The second-order valence-corrected chi connectivity index (χ2v) is 6.42. The molecule has 0 spiro atoms. The van der Waals surface area contributed by atoms with Crippen LogP contribution in [0.15, 0.2) is 30.5 Å². The van der Waals surface area contributed by atoms with Gasteiger partial charge in [0, 0.05) is 17.8 Å². The third kappa shape index (κ3) is 3.36. The second kappa shape index (κ2) is 7.18. The number of aromatic nitrogens is 2. The van der Waals surface area contributed by atoms with Crippen molar-refractivity contribution in [1.29, 1.82) is 0 Å². The molecule has 6 heteroatoms. The summed E-state index contributed by atoms with van der Waals surface area (Å²) in [4.78, 5) is 22.4. The van der Waals surface area contributed by atoms with Crippen LogP contribution >= 0.6 is 11.6 Å². The average Bonchev–Trinajstić information content (AvgIpc) is 3.05. The molecule has 1 saturated heterocycles. The number of anilines is 1. The van der Waals surface area contributed by atoms with E-state index in [4.69, 9.17) is 11.6 Å². The Morgan fingerprint density at radius 1 is 1.38 bits per heavy atom. The van der Waals surface area contributed by atoms with E-state index >= 15 is 0 Å². The van der Waals surface area contributed by atoms with E-state index in [-0.39, 0.29) is 11.6 Å². The molecule has 2 aromatic rings. The third-order valence-electron chi connectivity index (χ3n) is 4.34. The van der Waals surface area contributed by atoms with E-state index in [0.29, 0.717) is 18.1 Å². The minimum absolute atomic E-state index is 0.197. The van der Waals surface area contributed by atoms with Gasteiger partial charge in [0.2, 0.25) is 5.95 Å². The molecular weight excluding hydrogens is 326 g/mol. The Balaban J connectivity index is 1.93. The molecule has 0 amide bonds. The van der Waals surface area contributed by atoms with E-state index in [1.54, 1.807) is 0 Å². The molecule has 1 aliphatic rings. The largest absolute Gasteiger partial charge is 0.478 e. The van der Waals surface area contributed by atoms with Crippen LogP contribution in [0.3, 0.4) is 0 Å².